The van der Waals surface area contributed by atoms with Crippen molar-refractivity contribution in [3.63, 3.8) is 0 Å². The van der Waals surface area contributed by atoms with Crippen LogP contribution in [0.5, 0.6) is 0 Å². The van der Waals surface area contributed by atoms with Gasteiger partial charge in [0.05, 0.1) is 5.92 Å². The molecule has 0 aliphatic carbocycles. The molecule has 5 nitrogen and oxygen atoms in total. The summed E-state index contributed by atoms with van der Waals surface area (Å²) in [6.45, 7) is 7.45. The fourth-order valence-corrected chi connectivity index (χ4v) is 2.61. The minimum Gasteiger partial charge on any atom is -0.339 e. The summed E-state index contributed by atoms with van der Waals surface area (Å²) >= 11 is 3.40. The van der Waals surface area contributed by atoms with Crippen molar-refractivity contribution in [1.29, 1.82) is 0 Å². The second-order valence-electron chi connectivity index (χ2n) is 5.11. The van der Waals surface area contributed by atoms with Gasteiger partial charge in [-0.1, -0.05) is 25.9 Å². The van der Waals surface area contributed by atoms with E-state index in [9.17, 15) is 0 Å². The first-order valence-electron chi connectivity index (χ1n) is 7.33. The van der Waals surface area contributed by atoms with E-state index < -0.39 is 0 Å². The van der Waals surface area contributed by atoms with Crippen LogP contribution in [0.2, 0.25) is 0 Å². The van der Waals surface area contributed by atoms with Crippen LogP contribution in [0.1, 0.15) is 45.4 Å². The Balaban J connectivity index is 2.15. The summed E-state index contributed by atoms with van der Waals surface area (Å²) in [5, 5.41) is 7.60. The standard InChI is InChI=1S/C15H21BrN4O/c1-4-6-18-13(5-2)10(3)15-19-14(20-21-15)11-7-12(16)9-17-8-11/h7-10,13,18H,4-6H2,1-3H3. The molecule has 1 N–H and O–H groups in total. The maximum atomic E-state index is 5.44. The predicted molar refractivity (Wildman–Crippen MR) is 86.0 cm³/mol. The average Bonchev–Trinajstić information content (AvgIpc) is 2.97. The Morgan fingerprint density at radius 2 is 2.14 bits per heavy atom. The largest absolute Gasteiger partial charge is 0.339 e. The lowest BCUT2D eigenvalue weighted by Crippen LogP contribution is -2.33. The number of pyridine rings is 1. The van der Waals surface area contributed by atoms with Gasteiger partial charge in [0.25, 0.3) is 0 Å². The maximum absolute atomic E-state index is 5.44. The zero-order valence-electron chi connectivity index (χ0n) is 12.6. The van der Waals surface area contributed by atoms with Crippen LogP contribution in [0, 0.1) is 0 Å². The van der Waals surface area contributed by atoms with E-state index in [1.165, 1.54) is 0 Å². The fraction of sp³-hybridized carbons (Fsp3) is 0.533. The van der Waals surface area contributed by atoms with Crippen LogP contribution in [0.25, 0.3) is 11.4 Å². The van der Waals surface area contributed by atoms with Crippen molar-refractivity contribution in [3.05, 3.63) is 28.8 Å². The van der Waals surface area contributed by atoms with Gasteiger partial charge in [-0.25, -0.2) is 0 Å². The molecule has 0 spiro atoms. The van der Waals surface area contributed by atoms with E-state index in [2.05, 4.69) is 57.1 Å². The molecule has 0 aliphatic heterocycles. The average molecular weight is 353 g/mol. The molecule has 0 saturated heterocycles. The molecule has 114 valence electrons. The molecule has 2 heterocycles. The van der Waals surface area contributed by atoms with Gasteiger partial charge >= 0.3 is 0 Å². The number of nitrogens with one attached hydrogen (secondary N) is 1. The number of rotatable bonds is 7. The van der Waals surface area contributed by atoms with Crippen molar-refractivity contribution in [2.75, 3.05) is 6.54 Å². The number of hydrogen-bond acceptors (Lipinski definition) is 5. The predicted octanol–water partition coefficient (Wildman–Crippen LogP) is 3.78. The molecule has 0 bridgehead atoms. The van der Waals surface area contributed by atoms with E-state index in [0.29, 0.717) is 17.8 Å². The molecule has 6 heteroatoms. The summed E-state index contributed by atoms with van der Waals surface area (Å²) in [5.74, 6) is 1.43. The Morgan fingerprint density at radius 1 is 1.33 bits per heavy atom. The Bertz CT molecular complexity index is 572. The van der Waals surface area contributed by atoms with E-state index in [4.69, 9.17) is 4.52 Å². The quantitative estimate of drug-likeness (QED) is 0.821. The summed E-state index contributed by atoms with van der Waals surface area (Å²) in [7, 11) is 0. The van der Waals surface area contributed by atoms with E-state index in [1.807, 2.05) is 6.07 Å². The van der Waals surface area contributed by atoms with Gasteiger partial charge < -0.3 is 9.84 Å². The zero-order chi connectivity index (χ0) is 15.2. The number of hydrogen-bond donors (Lipinski definition) is 1. The van der Waals surface area contributed by atoms with Gasteiger partial charge in [0.1, 0.15) is 0 Å². The Morgan fingerprint density at radius 3 is 2.81 bits per heavy atom. The summed E-state index contributed by atoms with van der Waals surface area (Å²) in [6, 6.07) is 2.28. The molecule has 2 aromatic rings. The number of halogens is 1. The van der Waals surface area contributed by atoms with E-state index in [1.54, 1.807) is 12.4 Å². The van der Waals surface area contributed by atoms with Crippen LogP contribution in [0.3, 0.4) is 0 Å². The second-order valence-corrected chi connectivity index (χ2v) is 6.02. The molecule has 0 aliphatic rings. The smallest absolute Gasteiger partial charge is 0.231 e. The third-order valence-corrected chi connectivity index (χ3v) is 3.93. The second kappa shape index (κ2) is 7.66. The summed E-state index contributed by atoms with van der Waals surface area (Å²) in [5.41, 5.74) is 0.848. The molecule has 21 heavy (non-hydrogen) atoms. The topological polar surface area (TPSA) is 63.8 Å². The first-order chi connectivity index (χ1) is 10.2. The van der Waals surface area contributed by atoms with E-state index >= 15 is 0 Å². The van der Waals surface area contributed by atoms with Crippen LogP contribution in [-0.2, 0) is 0 Å². The van der Waals surface area contributed by atoms with E-state index in [-0.39, 0.29) is 5.92 Å². The third-order valence-electron chi connectivity index (χ3n) is 3.49. The van der Waals surface area contributed by atoms with Gasteiger partial charge in [-0.15, -0.1) is 0 Å². The Labute approximate surface area is 133 Å². The normalized spacial score (nSPS) is 14.1. The van der Waals surface area contributed by atoms with Crippen LogP contribution >= 0.6 is 15.9 Å². The van der Waals surface area contributed by atoms with Crippen molar-refractivity contribution in [2.45, 2.75) is 45.6 Å². The molecule has 0 radical (unpaired) electrons. The van der Waals surface area contributed by atoms with Crippen molar-refractivity contribution in [1.82, 2.24) is 20.4 Å². The molecular weight excluding hydrogens is 332 g/mol. The highest BCUT2D eigenvalue weighted by atomic mass is 79.9. The Kier molecular flexibility index (Phi) is 5.87. The minimum absolute atomic E-state index is 0.183. The molecule has 2 unspecified atom stereocenters. The SMILES string of the molecule is CCCNC(CC)C(C)c1nc(-c2cncc(Br)c2)no1. The molecule has 2 aromatic heterocycles. The van der Waals surface area contributed by atoms with Gasteiger partial charge in [-0.2, -0.15) is 4.98 Å². The lowest BCUT2D eigenvalue weighted by atomic mass is 9.99. The van der Waals surface area contributed by atoms with E-state index in [0.717, 1.165) is 29.4 Å². The van der Waals surface area contributed by atoms with Gasteiger partial charge in [0.15, 0.2) is 0 Å². The minimum atomic E-state index is 0.183. The van der Waals surface area contributed by atoms with Crippen LogP contribution in [0.4, 0.5) is 0 Å². The van der Waals surface area contributed by atoms with Gasteiger partial charge in [-0.3, -0.25) is 4.98 Å². The van der Waals surface area contributed by atoms with Crippen molar-refractivity contribution in [3.8, 4) is 11.4 Å². The van der Waals surface area contributed by atoms with Gasteiger partial charge in [-0.05, 0) is 41.4 Å². The number of nitrogens with zero attached hydrogens (tertiary/aromatic N) is 3. The van der Waals surface area contributed by atoms with Crippen LogP contribution in [0.15, 0.2) is 27.5 Å². The van der Waals surface area contributed by atoms with Crippen molar-refractivity contribution in [2.24, 2.45) is 0 Å². The van der Waals surface area contributed by atoms with Gasteiger partial charge in [0.2, 0.25) is 11.7 Å². The first kappa shape index (κ1) is 16.1. The fourth-order valence-electron chi connectivity index (χ4n) is 2.25. The third kappa shape index (κ3) is 4.11. The lowest BCUT2D eigenvalue weighted by Gasteiger charge is -2.20. The number of aromatic nitrogens is 3. The maximum Gasteiger partial charge on any atom is 0.231 e. The molecule has 0 fully saturated rings. The monoisotopic (exact) mass is 352 g/mol. The summed E-state index contributed by atoms with van der Waals surface area (Å²) in [4.78, 5) is 8.65. The summed E-state index contributed by atoms with van der Waals surface area (Å²) in [6.07, 6.45) is 5.60. The first-order valence-corrected chi connectivity index (χ1v) is 8.12. The highest BCUT2D eigenvalue weighted by molar-refractivity contribution is 9.10. The molecule has 2 rings (SSSR count). The highest BCUT2D eigenvalue weighted by Crippen LogP contribution is 2.24. The molecule has 0 amide bonds. The van der Waals surface area contributed by atoms with Crippen molar-refractivity contribution >= 4 is 15.9 Å². The Hall–Kier alpha value is -1.27. The molecular formula is C15H21BrN4O. The van der Waals surface area contributed by atoms with Crippen molar-refractivity contribution < 1.29 is 4.52 Å². The lowest BCUT2D eigenvalue weighted by molar-refractivity contribution is 0.319. The molecule has 0 aromatic carbocycles. The van der Waals surface area contributed by atoms with Crippen LogP contribution in [-0.4, -0.2) is 27.7 Å². The highest BCUT2D eigenvalue weighted by Gasteiger charge is 2.22. The molecule has 2 atom stereocenters. The van der Waals surface area contributed by atoms with Gasteiger partial charge in [0, 0.05) is 28.5 Å². The zero-order valence-corrected chi connectivity index (χ0v) is 14.2. The molecule has 0 saturated carbocycles. The summed E-state index contributed by atoms with van der Waals surface area (Å²) < 4.78 is 6.34. The van der Waals surface area contributed by atoms with Crippen LogP contribution < -0.4 is 5.32 Å².